The van der Waals surface area contributed by atoms with Gasteiger partial charge >= 0.3 is 0 Å². The highest BCUT2D eigenvalue weighted by Gasteiger charge is 2.16. The van der Waals surface area contributed by atoms with Crippen LogP contribution < -0.4 is 10.6 Å². The second kappa shape index (κ2) is 8.68. The van der Waals surface area contributed by atoms with E-state index in [0.29, 0.717) is 6.04 Å². The van der Waals surface area contributed by atoms with Crippen molar-refractivity contribution in [2.45, 2.75) is 65.5 Å². The molecule has 3 heteroatoms. The molecule has 0 bridgehead atoms. The van der Waals surface area contributed by atoms with Gasteiger partial charge in [-0.1, -0.05) is 36.2 Å². The number of hydrogen-bond acceptors (Lipinski definition) is 2. The molecule has 1 rings (SSSR count). The van der Waals surface area contributed by atoms with Crippen molar-refractivity contribution in [2.24, 2.45) is 5.73 Å². The average molecular weight is 341 g/mol. The molecule has 0 aliphatic rings. The molecule has 0 saturated heterocycles. The maximum absolute atomic E-state index is 6.02. The summed E-state index contributed by atoms with van der Waals surface area (Å²) >= 11 is 3.58. The van der Waals surface area contributed by atoms with Gasteiger partial charge in [-0.25, -0.2) is 0 Å². The van der Waals surface area contributed by atoms with Gasteiger partial charge in [-0.15, -0.1) is 0 Å². The number of unbranched alkanes of at least 4 members (excludes halogenated alkanes) is 1. The molecule has 2 unspecified atom stereocenters. The summed E-state index contributed by atoms with van der Waals surface area (Å²) in [6.45, 7) is 10.0. The molecule has 0 fully saturated rings. The number of benzene rings is 1. The van der Waals surface area contributed by atoms with Crippen LogP contribution >= 0.6 is 15.9 Å². The van der Waals surface area contributed by atoms with E-state index in [4.69, 9.17) is 5.73 Å². The second-order valence-electron chi connectivity index (χ2n) is 5.76. The highest BCUT2D eigenvalue weighted by Crippen LogP contribution is 2.28. The van der Waals surface area contributed by atoms with E-state index < -0.39 is 0 Å². The predicted octanol–water partition coefficient (Wildman–Crippen LogP) is 4.74. The predicted molar refractivity (Wildman–Crippen MR) is 93.5 cm³/mol. The topological polar surface area (TPSA) is 29.3 Å². The maximum atomic E-state index is 6.02. The van der Waals surface area contributed by atoms with Crippen LogP contribution in [0.25, 0.3) is 0 Å². The lowest BCUT2D eigenvalue weighted by Gasteiger charge is -2.33. The van der Waals surface area contributed by atoms with Crippen LogP contribution in [0.2, 0.25) is 0 Å². The van der Waals surface area contributed by atoms with Crippen molar-refractivity contribution >= 4 is 21.6 Å². The Balaban J connectivity index is 3.09. The van der Waals surface area contributed by atoms with E-state index in [9.17, 15) is 0 Å². The Morgan fingerprint density at radius 1 is 1.25 bits per heavy atom. The van der Waals surface area contributed by atoms with Gasteiger partial charge in [0, 0.05) is 28.8 Å². The molecule has 0 aromatic heterocycles. The molecule has 0 aliphatic carbocycles. The summed E-state index contributed by atoms with van der Waals surface area (Å²) in [5.41, 5.74) is 8.73. The average Bonchev–Trinajstić information content (AvgIpc) is 2.40. The van der Waals surface area contributed by atoms with Crippen molar-refractivity contribution in [3.63, 3.8) is 0 Å². The van der Waals surface area contributed by atoms with Crippen molar-refractivity contribution in [1.29, 1.82) is 0 Å². The Labute approximate surface area is 132 Å². The van der Waals surface area contributed by atoms with Crippen molar-refractivity contribution in [3.05, 3.63) is 28.2 Å². The minimum Gasteiger partial charge on any atom is -0.369 e. The molecule has 0 radical (unpaired) electrons. The second-order valence-corrected chi connectivity index (χ2v) is 6.67. The largest absolute Gasteiger partial charge is 0.369 e. The van der Waals surface area contributed by atoms with Crippen LogP contribution in [0.3, 0.4) is 0 Å². The van der Waals surface area contributed by atoms with E-state index in [0.717, 1.165) is 23.9 Å². The summed E-state index contributed by atoms with van der Waals surface area (Å²) < 4.78 is 1.14. The van der Waals surface area contributed by atoms with Gasteiger partial charge in [0.2, 0.25) is 0 Å². The van der Waals surface area contributed by atoms with E-state index in [1.165, 1.54) is 24.1 Å². The molecule has 0 saturated carbocycles. The molecule has 1 aromatic carbocycles. The van der Waals surface area contributed by atoms with Crippen LogP contribution in [0.5, 0.6) is 0 Å². The summed E-state index contributed by atoms with van der Waals surface area (Å²) in [5, 5.41) is 0. The third-order valence-corrected chi connectivity index (χ3v) is 4.26. The van der Waals surface area contributed by atoms with Gasteiger partial charge in [-0.2, -0.15) is 0 Å². The van der Waals surface area contributed by atoms with E-state index in [-0.39, 0.29) is 6.04 Å². The van der Waals surface area contributed by atoms with Gasteiger partial charge in [-0.05, 0) is 56.9 Å². The Bertz CT molecular complexity index is 404. The fourth-order valence-corrected chi connectivity index (χ4v) is 2.88. The molecule has 2 atom stereocenters. The zero-order chi connectivity index (χ0) is 15.1. The van der Waals surface area contributed by atoms with Crippen LogP contribution in [-0.2, 0) is 6.42 Å². The van der Waals surface area contributed by atoms with Crippen molar-refractivity contribution in [3.8, 4) is 0 Å². The van der Waals surface area contributed by atoms with Crippen LogP contribution in [-0.4, -0.2) is 18.6 Å². The number of hydrogen-bond donors (Lipinski definition) is 1. The Morgan fingerprint density at radius 3 is 2.50 bits per heavy atom. The lowest BCUT2D eigenvalue weighted by Crippen LogP contribution is -2.34. The van der Waals surface area contributed by atoms with Crippen LogP contribution in [0.1, 0.15) is 52.5 Å². The zero-order valence-electron chi connectivity index (χ0n) is 13.3. The van der Waals surface area contributed by atoms with Crippen molar-refractivity contribution in [1.82, 2.24) is 0 Å². The minimum absolute atomic E-state index is 0.188. The molecule has 0 heterocycles. The van der Waals surface area contributed by atoms with Crippen LogP contribution in [0.4, 0.5) is 5.69 Å². The molecular formula is C17H29BrN2. The summed E-state index contributed by atoms with van der Waals surface area (Å²) in [6, 6.07) is 7.35. The van der Waals surface area contributed by atoms with Crippen molar-refractivity contribution in [2.75, 3.05) is 11.4 Å². The van der Waals surface area contributed by atoms with E-state index in [2.05, 4.69) is 66.7 Å². The summed E-state index contributed by atoms with van der Waals surface area (Å²) in [4.78, 5) is 2.55. The molecule has 0 spiro atoms. The van der Waals surface area contributed by atoms with Gasteiger partial charge in [0.1, 0.15) is 0 Å². The van der Waals surface area contributed by atoms with Gasteiger partial charge in [0.25, 0.3) is 0 Å². The number of nitrogens with zero attached hydrogens (tertiary/aromatic N) is 1. The maximum Gasteiger partial charge on any atom is 0.0402 e. The number of rotatable bonds is 8. The normalized spacial score (nSPS) is 14.1. The Morgan fingerprint density at radius 2 is 1.95 bits per heavy atom. The first-order valence-corrected chi connectivity index (χ1v) is 8.59. The van der Waals surface area contributed by atoms with Crippen LogP contribution in [0, 0.1) is 0 Å². The van der Waals surface area contributed by atoms with Gasteiger partial charge < -0.3 is 10.6 Å². The Hall–Kier alpha value is -0.540. The van der Waals surface area contributed by atoms with Crippen molar-refractivity contribution < 1.29 is 0 Å². The fraction of sp³-hybridized carbons (Fsp3) is 0.647. The third kappa shape index (κ3) is 5.10. The van der Waals surface area contributed by atoms with Crippen LogP contribution in [0.15, 0.2) is 22.7 Å². The van der Waals surface area contributed by atoms with E-state index in [1.54, 1.807) is 0 Å². The fourth-order valence-electron chi connectivity index (χ4n) is 2.47. The SMILES string of the molecule is CCCCN(c1ccc(Br)cc1CC(C)N)C(C)CC. The highest BCUT2D eigenvalue weighted by molar-refractivity contribution is 9.10. The lowest BCUT2D eigenvalue weighted by atomic mass is 10.0. The summed E-state index contributed by atoms with van der Waals surface area (Å²) in [6.07, 6.45) is 4.55. The third-order valence-electron chi connectivity index (χ3n) is 3.77. The summed E-state index contributed by atoms with van der Waals surface area (Å²) in [5.74, 6) is 0. The smallest absolute Gasteiger partial charge is 0.0402 e. The van der Waals surface area contributed by atoms with Gasteiger partial charge in [0.05, 0.1) is 0 Å². The molecule has 0 amide bonds. The number of halogens is 1. The number of anilines is 1. The molecule has 2 N–H and O–H groups in total. The number of nitrogens with two attached hydrogens (primary N) is 1. The molecule has 20 heavy (non-hydrogen) atoms. The summed E-state index contributed by atoms with van der Waals surface area (Å²) in [7, 11) is 0. The molecule has 1 aromatic rings. The first-order chi connectivity index (χ1) is 9.49. The standard InChI is InChI=1S/C17H29BrN2/c1-5-7-10-20(14(4)6-2)17-9-8-16(18)12-15(17)11-13(3)19/h8-9,12-14H,5-7,10-11,19H2,1-4H3. The first kappa shape index (κ1) is 17.5. The Kier molecular flexibility index (Phi) is 7.60. The van der Waals surface area contributed by atoms with Gasteiger partial charge in [-0.3, -0.25) is 0 Å². The lowest BCUT2D eigenvalue weighted by molar-refractivity contribution is 0.591. The quantitative estimate of drug-likeness (QED) is 0.740. The van der Waals surface area contributed by atoms with E-state index in [1.807, 2.05) is 0 Å². The monoisotopic (exact) mass is 340 g/mol. The first-order valence-electron chi connectivity index (χ1n) is 7.80. The molecule has 114 valence electrons. The minimum atomic E-state index is 0.188. The van der Waals surface area contributed by atoms with Gasteiger partial charge in [0.15, 0.2) is 0 Å². The zero-order valence-corrected chi connectivity index (χ0v) is 14.9. The molecule has 0 aliphatic heterocycles. The highest BCUT2D eigenvalue weighted by atomic mass is 79.9. The molecule has 2 nitrogen and oxygen atoms in total. The molecular weight excluding hydrogens is 312 g/mol. The van der Waals surface area contributed by atoms with E-state index >= 15 is 0 Å².